The molecule has 0 bridgehead atoms. The first-order valence-corrected chi connectivity index (χ1v) is 8.85. The van der Waals surface area contributed by atoms with Crippen LogP contribution in [0, 0.1) is 0 Å². The van der Waals surface area contributed by atoms with Crippen molar-refractivity contribution in [1.29, 1.82) is 0 Å². The largest absolute Gasteiger partial charge is 0.493 e. The number of carbonyl (C=O) groups is 1. The number of carbonyl (C=O) groups excluding carboxylic acids is 1. The smallest absolute Gasteiger partial charge is 0.150 e. The second kappa shape index (κ2) is 7.44. The molecule has 3 aromatic carbocycles. The molecule has 0 N–H and O–H groups in total. The third-order valence-corrected chi connectivity index (χ3v) is 4.62. The molecule has 0 amide bonds. The van der Waals surface area contributed by atoms with E-state index in [-0.39, 0.29) is 0 Å². The van der Waals surface area contributed by atoms with E-state index < -0.39 is 0 Å². The van der Waals surface area contributed by atoms with Gasteiger partial charge in [0, 0.05) is 5.56 Å². The van der Waals surface area contributed by atoms with E-state index in [4.69, 9.17) is 9.47 Å². The average Bonchev–Trinajstić information content (AvgIpc) is 2.72. The van der Waals surface area contributed by atoms with Crippen molar-refractivity contribution in [2.24, 2.45) is 0 Å². The summed E-state index contributed by atoms with van der Waals surface area (Å²) in [5.41, 5.74) is 4.87. The summed E-state index contributed by atoms with van der Waals surface area (Å²) in [6, 6.07) is 21.8. The maximum atomic E-state index is 11.5. The van der Waals surface area contributed by atoms with Crippen molar-refractivity contribution in [1.82, 2.24) is 0 Å². The van der Waals surface area contributed by atoms with Gasteiger partial charge in [0.15, 0.2) is 6.29 Å². The predicted molar refractivity (Wildman–Crippen MR) is 102 cm³/mol. The zero-order valence-electron chi connectivity index (χ0n) is 14.5. The average molecular weight is 344 g/mol. The van der Waals surface area contributed by atoms with E-state index in [0.717, 1.165) is 53.9 Å². The number of aldehydes is 1. The molecule has 0 saturated carbocycles. The summed E-state index contributed by atoms with van der Waals surface area (Å²) in [5.74, 6) is 1.70. The van der Waals surface area contributed by atoms with E-state index in [1.807, 2.05) is 60.7 Å². The highest BCUT2D eigenvalue weighted by Crippen LogP contribution is 2.33. The molecule has 1 aliphatic heterocycles. The van der Waals surface area contributed by atoms with Gasteiger partial charge in [-0.3, -0.25) is 4.79 Å². The van der Waals surface area contributed by atoms with Gasteiger partial charge < -0.3 is 9.47 Å². The lowest BCUT2D eigenvalue weighted by atomic mass is 9.96. The number of hydrogen-bond acceptors (Lipinski definition) is 3. The van der Waals surface area contributed by atoms with Crippen LogP contribution in [0.3, 0.4) is 0 Å². The van der Waals surface area contributed by atoms with Gasteiger partial charge in [-0.05, 0) is 65.4 Å². The fourth-order valence-electron chi connectivity index (χ4n) is 3.25. The van der Waals surface area contributed by atoms with Crippen LogP contribution in [0.25, 0.3) is 11.1 Å². The number of rotatable bonds is 5. The van der Waals surface area contributed by atoms with E-state index in [2.05, 4.69) is 6.07 Å². The molecule has 26 heavy (non-hydrogen) atoms. The number of aryl methyl sites for hydroxylation is 1. The van der Waals surface area contributed by atoms with Gasteiger partial charge >= 0.3 is 0 Å². The van der Waals surface area contributed by atoms with E-state index in [1.165, 1.54) is 5.56 Å². The van der Waals surface area contributed by atoms with Crippen LogP contribution < -0.4 is 9.47 Å². The molecule has 0 fully saturated rings. The topological polar surface area (TPSA) is 35.5 Å². The Bertz CT molecular complexity index is 916. The summed E-state index contributed by atoms with van der Waals surface area (Å²) in [5, 5.41) is 0. The number of ether oxygens (including phenoxy) is 2. The first-order chi connectivity index (χ1) is 12.8. The van der Waals surface area contributed by atoms with Crippen LogP contribution in [0.5, 0.6) is 11.5 Å². The fourth-order valence-corrected chi connectivity index (χ4v) is 3.25. The highest BCUT2D eigenvalue weighted by molar-refractivity contribution is 5.88. The van der Waals surface area contributed by atoms with Crippen LogP contribution in [-0.4, -0.2) is 12.9 Å². The monoisotopic (exact) mass is 344 g/mol. The Hall–Kier alpha value is -3.07. The summed E-state index contributed by atoms with van der Waals surface area (Å²) in [4.78, 5) is 11.5. The van der Waals surface area contributed by atoms with E-state index in [1.54, 1.807) is 0 Å². The number of benzene rings is 3. The fraction of sp³-hybridized carbons (Fsp3) is 0.174. The van der Waals surface area contributed by atoms with Crippen molar-refractivity contribution >= 4 is 6.29 Å². The maximum Gasteiger partial charge on any atom is 0.150 e. The third-order valence-electron chi connectivity index (χ3n) is 4.62. The van der Waals surface area contributed by atoms with Crippen LogP contribution >= 0.6 is 0 Å². The lowest BCUT2D eigenvalue weighted by Gasteiger charge is -2.18. The van der Waals surface area contributed by atoms with Crippen LogP contribution in [-0.2, 0) is 13.0 Å². The summed E-state index contributed by atoms with van der Waals surface area (Å²) in [6.45, 7) is 1.27. The zero-order valence-corrected chi connectivity index (χ0v) is 14.5. The lowest BCUT2D eigenvalue weighted by molar-refractivity contribution is 0.112. The van der Waals surface area contributed by atoms with Crippen molar-refractivity contribution in [2.75, 3.05) is 6.61 Å². The third kappa shape index (κ3) is 3.47. The Labute approximate surface area is 153 Å². The highest BCUT2D eigenvalue weighted by atomic mass is 16.5. The second-order valence-corrected chi connectivity index (χ2v) is 6.42. The summed E-state index contributed by atoms with van der Waals surface area (Å²) in [6.07, 6.45) is 2.92. The standard InChI is InChI=1S/C23H20O3/c24-15-20-8-10-21(26-16-17-5-2-1-3-6-17)14-22(20)18-9-11-23-19(13-18)7-4-12-25-23/h1-3,5-6,8-11,13-15H,4,7,12,16H2. The lowest BCUT2D eigenvalue weighted by Crippen LogP contribution is -2.08. The summed E-state index contributed by atoms with van der Waals surface area (Å²) >= 11 is 0. The normalized spacial score (nSPS) is 12.8. The first-order valence-electron chi connectivity index (χ1n) is 8.85. The second-order valence-electron chi connectivity index (χ2n) is 6.42. The number of hydrogen-bond donors (Lipinski definition) is 0. The maximum absolute atomic E-state index is 11.5. The molecule has 0 radical (unpaired) electrons. The van der Waals surface area contributed by atoms with Crippen LogP contribution in [0.1, 0.15) is 27.9 Å². The molecule has 1 heterocycles. The SMILES string of the molecule is O=Cc1ccc(OCc2ccccc2)cc1-c1ccc2c(c1)CCCO2. The van der Waals surface area contributed by atoms with Gasteiger partial charge in [0.2, 0.25) is 0 Å². The van der Waals surface area contributed by atoms with Crippen molar-refractivity contribution in [3.63, 3.8) is 0 Å². The highest BCUT2D eigenvalue weighted by Gasteiger charge is 2.13. The van der Waals surface area contributed by atoms with Gasteiger partial charge in [0.25, 0.3) is 0 Å². The van der Waals surface area contributed by atoms with Gasteiger partial charge in [0.1, 0.15) is 18.1 Å². The van der Waals surface area contributed by atoms with Crippen molar-refractivity contribution in [2.45, 2.75) is 19.4 Å². The number of fused-ring (bicyclic) bond motifs is 1. The van der Waals surface area contributed by atoms with Gasteiger partial charge in [-0.25, -0.2) is 0 Å². The van der Waals surface area contributed by atoms with E-state index in [9.17, 15) is 4.79 Å². The molecule has 0 aromatic heterocycles. The molecule has 0 unspecified atom stereocenters. The van der Waals surface area contributed by atoms with Crippen LogP contribution in [0.2, 0.25) is 0 Å². The van der Waals surface area contributed by atoms with Gasteiger partial charge in [-0.1, -0.05) is 36.4 Å². The molecule has 3 nitrogen and oxygen atoms in total. The van der Waals surface area contributed by atoms with Gasteiger partial charge in [-0.15, -0.1) is 0 Å². The molecule has 3 aromatic rings. The van der Waals surface area contributed by atoms with Crippen LogP contribution in [0.4, 0.5) is 0 Å². The Morgan fingerprint density at radius 1 is 1.00 bits per heavy atom. The first kappa shape index (κ1) is 16.4. The Morgan fingerprint density at radius 3 is 2.73 bits per heavy atom. The predicted octanol–water partition coefficient (Wildman–Crippen LogP) is 5.07. The van der Waals surface area contributed by atoms with Gasteiger partial charge in [0.05, 0.1) is 6.61 Å². The molecule has 0 atom stereocenters. The molecule has 3 heteroatoms. The van der Waals surface area contributed by atoms with Crippen molar-refractivity contribution < 1.29 is 14.3 Å². The molecule has 0 spiro atoms. The van der Waals surface area contributed by atoms with Crippen LogP contribution in [0.15, 0.2) is 66.7 Å². The Morgan fingerprint density at radius 2 is 1.88 bits per heavy atom. The minimum atomic E-state index is 0.499. The van der Waals surface area contributed by atoms with Crippen molar-refractivity contribution in [3.8, 4) is 22.6 Å². The quantitative estimate of drug-likeness (QED) is 0.606. The molecule has 130 valence electrons. The molecular weight excluding hydrogens is 324 g/mol. The molecule has 0 aliphatic carbocycles. The summed E-state index contributed by atoms with van der Waals surface area (Å²) < 4.78 is 11.6. The molecule has 0 saturated heterocycles. The summed E-state index contributed by atoms with van der Waals surface area (Å²) in [7, 11) is 0. The van der Waals surface area contributed by atoms with Gasteiger partial charge in [-0.2, -0.15) is 0 Å². The minimum absolute atomic E-state index is 0.499. The molecule has 1 aliphatic rings. The molecular formula is C23H20O3. The Balaban J connectivity index is 1.63. The van der Waals surface area contributed by atoms with E-state index in [0.29, 0.717) is 12.2 Å². The van der Waals surface area contributed by atoms with E-state index >= 15 is 0 Å². The zero-order chi connectivity index (χ0) is 17.8. The Kier molecular flexibility index (Phi) is 4.69. The molecule has 4 rings (SSSR count). The van der Waals surface area contributed by atoms with Crippen molar-refractivity contribution in [3.05, 3.63) is 83.4 Å². The minimum Gasteiger partial charge on any atom is -0.493 e.